The number of amides is 1. The normalized spacial score (nSPS) is 16.6. The number of rotatable bonds is 5. The number of aromatic nitrogens is 3. The van der Waals surface area contributed by atoms with Crippen LogP contribution < -0.4 is 4.74 Å². The molecule has 1 amide bonds. The predicted octanol–water partition coefficient (Wildman–Crippen LogP) is 4.03. The van der Waals surface area contributed by atoms with Crippen LogP contribution in [0.1, 0.15) is 39.6 Å². The molecule has 1 aliphatic rings. The predicted molar refractivity (Wildman–Crippen MR) is 102 cm³/mol. The summed E-state index contributed by atoms with van der Waals surface area (Å²) < 4.78 is 43.9. The van der Waals surface area contributed by atoms with Crippen molar-refractivity contribution in [2.45, 2.75) is 25.1 Å². The Morgan fingerprint density at radius 3 is 2.87 bits per heavy atom. The monoisotopic (exact) mass is 416 g/mol. The molecule has 0 bridgehead atoms. The SMILES string of the molecule is O=C(c1cccnc1)N1CC[C@@H](c2cc(COc3cccc(C(F)(F)F)c3)[nH]n2)C1. The van der Waals surface area contributed by atoms with Crippen LogP contribution in [0.5, 0.6) is 5.75 Å². The van der Waals surface area contributed by atoms with E-state index in [1.165, 1.54) is 12.1 Å². The van der Waals surface area contributed by atoms with Crippen molar-refractivity contribution >= 4 is 5.91 Å². The van der Waals surface area contributed by atoms with Gasteiger partial charge in [0, 0.05) is 31.4 Å². The van der Waals surface area contributed by atoms with E-state index in [0.29, 0.717) is 24.3 Å². The fourth-order valence-electron chi connectivity index (χ4n) is 3.44. The van der Waals surface area contributed by atoms with Gasteiger partial charge in [0.25, 0.3) is 5.91 Å². The average molecular weight is 416 g/mol. The standard InChI is InChI=1S/C21H19F3N4O2/c22-21(23,24)16-4-1-5-18(9-16)30-13-17-10-19(27-26-17)15-6-8-28(12-15)20(29)14-3-2-7-25-11-14/h1-5,7,9-11,15H,6,8,12-13H2,(H,26,27)/t15-/m1/s1. The lowest BCUT2D eigenvalue weighted by Gasteiger charge is -2.15. The molecule has 1 atom stereocenters. The van der Waals surface area contributed by atoms with Crippen molar-refractivity contribution in [1.82, 2.24) is 20.1 Å². The molecule has 9 heteroatoms. The first-order chi connectivity index (χ1) is 14.4. The van der Waals surface area contributed by atoms with Crippen molar-refractivity contribution in [3.05, 3.63) is 77.4 Å². The first-order valence-corrected chi connectivity index (χ1v) is 9.44. The summed E-state index contributed by atoms with van der Waals surface area (Å²) in [7, 11) is 0. The lowest BCUT2D eigenvalue weighted by molar-refractivity contribution is -0.137. The minimum Gasteiger partial charge on any atom is -0.487 e. The number of benzene rings is 1. The van der Waals surface area contributed by atoms with E-state index in [9.17, 15) is 18.0 Å². The van der Waals surface area contributed by atoms with Gasteiger partial charge >= 0.3 is 6.18 Å². The second kappa shape index (κ2) is 8.17. The Morgan fingerprint density at radius 2 is 2.10 bits per heavy atom. The number of nitrogens with zero attached hydrogens (tertiary/aromatic N) is 3. The average Bonchev–Trinajstić information content (AvgIpc) is 3.41. The molecule has 1 saturated heterocycles. The van der Waals surface area contributed by atoms with E-state index in [1.54, 1.807) is 29.4 Å². The van der Waals surface area contributed by atoms with Crippen LogP contribution in [-0.4, -0.2) is 39.1 Å². The van der Waals surface area contributed by atoms with Crippen LogP contribution in [0.25, 0.3) is 0 Å². The molecule has 0 radical (unpaired) electrons. The lowest BCUT2D eigenvalue weighted by Crippen LogP contribution is -2.28. The van der Waals surface area contributed by atoms with E-state index in [1.807, 2.05) is 6.07 Å². The molecule has 30 heavy (non-hydrogen) atoms. The quantitative estimate of drug-likeness (QED) is 0.682. The number of ether oxygens (including phenoxy) is 1. The summed E-state index contributed by atoms with van der Waals surface area (Å²) in [5, 5.41) is 7.16. The number of aromatic amines is 1. The zero-order valence-corrected chi connectivity index (χ0v) is 15.9. The van der Waals surface area contributed by atoms with Crippen molar-refractivity contribution < 1.29 is 22.7 Å². The highest BCUT2D eigenvalue weighted by atomic mass is 19.4. The maximum Gasteiger partial charge on any atom is 0.416 e. The van der Waals surface area contributed by atoms with E-state index in [-0.39, 0.29) is 24.2 Å². The first kappa shape index (κ1) is 19.9. The van der Waals surface area contributed by atoms with Crippen molar-refractivity contribution in [1.29, 1.82) is 0 Å². The molecule has 1 aromatic carbocycles. The van der Waals surface area contributed by atoms with E-state index < -0.39 is 11.7 Å². The van der Waals surface area contributed by atoms with Gasteiger partial charge in [0.2, 0.25) is 0 Å². The summed E-state index contributed by atoms with van der Waals surface area (Å²) in [5.41, 5.74) is 1.25. The van der Waals surface area contributed by atoms with Crippen LogP contribution in [-0.2, 0) is 12.8 Å². The van der Waals surface area contributed by atoms with Crippen LogP contribution in [0.3, 0.4) is 0 Å². The summed E-state index contributed by atoms with van der Waals surface area (Å²) in [4.78, 5) is 18.3. The first-order valence-electron chi connectivity index (χ1n) is 9.44. The van der Waals surface area contributed by atoms with Crippen molar-refractivity contribution in [2.75, 3.05) is 13.1 Å². The number of carbonyl (C=O) groups excluding carboxylic acids is 1. The van der Waals surface area contributed by atoms with Crippen molar-refractivity contribution in [2.24, 2.45) is 0 Å². The molecule has 1 N–H and O–H groups in total. The maximum atomic E-state index is 12.8. The minimum atomic E-state index is -4.41. The summed E-state index contributed by atoms with van der Waals surface area (Å²) in [5.74, 6) is 0.161. The molecule has 0 aliphatic carbocycles. The number of halogens is 3. The Bertz CT molecular complexity index is 1020. The molecule has 0 unspecified atom stereocenters. The molecule has 0 spiro atoms. The summed E-state index contributed by atoms with van der Waals surface area (Å²) in [6.45, 7) is 1.24. The van der Waals surface area contributed by atoms with Gasteiger partial charge in [0.1, 0.15) is 12.4 Å². The van der Waals surface area contributed by atoms with Crippen LogP contribution in [0.15, 0.2) is 54.9 Å². The highest BCUT2D eigenvalue weighted by Gasteiger charge is 2.31. The van der Waals surface area contributed by atoms with Gasteiger partial charge in [-0.1, -0.05) is 6.07 Å². The van der Waals surface area contributed by atoms with Crippen LogP contribution in [0, 0.1) is 0 Å². The number of H-pyrrole nitrogens is 1. The third-order valence-corrected chi connectivity index (χ3v) is 5.01. The summed E-state index contributed by atoms with van der Waals surface area (Å²) >= 11 is 0. The highest BCUT2D eigenvalue weighted by Crippen LogP contribution is 2.32. The molecule has 1 aliphatic heterocycles. The zero-order valence-electron chi connectivity index (χ0n) is 15.9. The Labute approximate surface area is 170 Å². The third kappa shape index (κ3) is 4.45. The Balaban J connectivity index is 1.35. The van der Waals surface area contributed by atoms with Gasteiger partial charge in [0.15, 0.2) is 0 Å². The van der Waals surface area contributed by atoms with Gasteiger partial charge in [0.05, 0.1) is 22.5 Å². The number of carbonyl (C=O) groups is 1. The van der Waals surface area contributed by atoms with Gasteiger partial charge in [-0.25, -0.2) is 0 Å². The van der Waals surface area contributed by atoms with Crippen molar-refractivity contribution in [3.63, 3.8) is 0 Å². The van der Waals surface area contributed by atoms with Crippen LogP contribution >= 0.6 is 0 Å². The largest absolute Gasteiger partial charge is 0.487 e. The molecule has 6 nitrogen and oxygen atoms in total. The molecule has 0 saturated carbocycles. The van der Waals surface area contributed by atoms with Gasteiger partial charge in [-0.15, -0.1) is 0 Å². The molecule has 3 heterocycles. The molecule has 156 valence electrons. The van der Waals surface area contributed by atoms with E-state index >= 15 is 0 Å². The zero-order chi connectivity index (χ0) is 21.1. The van der Waals surface area contributed by atoms with Crippen LogP contribution in [0.4, 0.5) is 13.2 Å². The summed E-state index contributed by atoms with van der Waals surface area (Å²) in [6, 6.07) is 10.0. The molecule has 2 aromatic heterocycles. The Hall–Kier alpha value is -3.36. The third-order valence-electron chi connectivity index (χ3n) is 5.01. The fourth-order valence-corrected chi connectivity index (χ4v) is 3.44. The van der Waals surface area contributed by atoms with Gasteiger partial charge < -0.3 is 9.64 Å². The second-order valence-corrected chi connectivity index (χ2v) is 7.11. The van der Waals surface area contributed by atoms with E-state index in [2.05, 4.69) is 15.2 Å². The van der Waals surface area contributed by atoms with Crippen LogP contribution in [0.2, 0.25) is 0 Å². The minimum absolute atomic E-state index is 0.0609. The molecular formula is C21H19F3N4O2. The molecule has 1 fully saturated rings. The lowest BCUT2D eigenvalue weighted by atomic mass is 10.1. The summed E-state index contributed by atoms with van der Waals surface area (Å²) in [6.07, 6.45) is -0.462. The number of hydrogen-bond acceptors (Lipinski definition) is 4. The van der Waals surface area contributed by atoms with Gasteiger partial charge in [-0.2, -0.15) is 18.3 Å². The Kier molecular flexibility index (Phi) is 5.43. The number of nitrogens with one attached hydrogen (secondary N) is 1. The van der Waals surface area contributed by atoms with E-state index in [4.69, 9.17) is 4.74 Å². The second-order valence-electron chi connectivity index (χ2n) is 7.11. The van der Waals surface area contributed by atoms with Gasteiger partial charge in [-0.3, -0.25) is 14.9 Å². The van der Waals surface area contributed by atoms with E-state index in [0.717, 1.165) is 24.2 Å². The highest BCUT2D eigenvalue weighted by molar-refractivity contribution is 5.94. The number of alkyl halides is 3. The fraction of sp³-hybridized carbons (Fsp3) is 0.286. The molecular weight excluding hydrogens is 397 g/mol. The smallest absolute Gasteiger partial charge is 0.416 e. The molecule has 4 rings (SSSR count). The Morgan fingerprint density at radius 1 is 1.23 bits per heavy atom. The topological polar surface area (TPSA) is 71.1 Å². The maximum absolute atomic E-state index is 12.8. The van der Waals surface area contributed by atoms with Gasteiger partial charge in [-0.05, 0) is 42.8 Å². The number of likely N-dealkylation sites (tertiary alicyclic amines) is 1. The van der Waals surface area contributed by atoms with Crippen molar-refractivity contribution in [3.8, 4) is 5.75 Å². The number of hydrogen-bond donors (Lipinski definition) is 1. The number of pyridine rings is 1. The molecule has 3 aromatic rings.